The fourth-order valence-electron chi connectivity index (χ4n) is 1.09. The predicted octanol–water partition coefficient (Wildman–Crippen LogP) is 1.48. The molecule has 0 saturated heterocycles. The van der Waals surface area contributed by atoms with Crippen molar-refractivity contribution in [1.82, 2.24) is 10.3 Å². The summed E-state index contributed by atoms with van der Waals surface area (Å²) in [6.45, 7) is 4.00. The summed E-state index contributed by atoms with van der Waals surface area (Å²) in [5, 5.41) is 13.8. The number of carboxylic acid groups (broad SMARTS) is 1. The average Bonchev–Trinajstić information content (AvgIpc) is 2.29. The van der Waals surface area contributed by atoms with Crippen LogP contribution in [0.15, 0.2) is 31.1 Å². The van der Waals surface area contributed by atoms with Crippen LogP contribution in [0.5, 0.6) is 0 Å². The van der Waals surface area contributed by atoms with Crippen LogP contribution < -0.4 is 10.6 Å². The van der Waals surface area contributed by atoms with Crippen LogP contribution >= 0.6 is 0 Å². The third kappa shape index (κ3) is 4.33. The molecule has 6 nitrogen and oxygen atoms in total. The Morgan fingerprint density at radius 1 is 1.47 bits per heavy atom. The Labute approximate surface area is 98.4 Å². The van der Waals surface area contributed by atoms with Gasteiger partial charge in [0, 0.05) is 12.7 Å². The molecular weight excluding hydrogens is 222 g/mol. The summed E-state index contributed by atoms with van der Waals surface area (Å²) in [5.74, 6) is -1.09. The van der Waals surface area contributed by atoms with Crippen molar-refractivity contribution in [3.05, 3.63) is 36.7 Å². The van der Waals surface area contributed by atoms with Crippen molar-refractivity contribution in [2.75, 3.05) is 11.9 Å². The first-order valence-corrected chi connectivity index (χ1v) is 4.97. The van der Waals surface area contributed by atoms with Crippen LogP contribution in [0.2, 0.25) is 0 Å². The van der Waals surface area contributed by atoms with Gasteiger partial charge in [-0.15, -0.1) is 6.58 Å². The Hall–Kier alpha value is -2.37. The lowest BCUT2D eigenvalue weighted by molar-refractivity contribution is 0.0696. The molecule has 1 heterocycles. The molecule has 0 atom stereocenters. The molecule has 0 saturated carbocycles. The van der Waals surface area contributed by atoms with Gasteiger partial charge in [0.05, 0.1) is 17.4 Å². The Kier molecular flexibility index (Phi) is 4.68. The second-order valence-corrected chi connectivity index (χ2v) is 3.23. The summed E-state index contributed by atoms with van der Waals surface area (Å²) in [6.07, 6.45) is 4.94. The summed E-state index contributed by atoms with van der Waals surface area (Å²) in [6, 6.07) is 0.929. The van der Waals surface area contributed by atoms with E-state index in [4.69, 9.17) is 5.11 Å². The summed E-state index contributed by atoms with van der Waals surface area (Å²) in [4.78, 5) is 25.7. The van der Waals surface area contributed by atoms with Crippen molar-refractivity contribution in [2.45, 2.75) is 6.42 Å². The zero-order valence-electron chi connectivity index (χ0n) is 9.14. The minimum absolute atomic E-state index is 0.0221. The minimum atomic E-state index is -1.09. The highest BCUT2D eigenvalue weighted by Gasteiger charge is 2.06. The van der Waals surface area contributed by atoms with Crippen LogP contribution in [0, 0.1) is 0 Å². The first kappa shape index (κ1) is 12.7. The smallest absolute Gasteiger partial charge is 0.337 e. The predicted molar refractivity (Wildman–Crippen MR) is 63.0 cm³/mol. The van der Waals surface area contributed by atoms with E-state index in [9.17, 15) is 9.59 Å². The fraction of sp³-hybridized carbons (Fsp3) is 0.182. The quantitative estimate of drug-likeness (QED) is 0.532. The average molecular weight is 235 g/mol. The van der Waals surface area contributed by atoms with Crippen molar-refractivity contribution in [1.29, 1.82) is 0 Å². The maximum Gasteiger partial charge on any atom is 0.337 e. The van der Waals surface area contributed by atoms with Gasteiger partial charge in [-0.2, -0.15) is 0 Å². The molecule has 0 spiro atoms. The van der Waals surface area contributed by atoms with Crippen LogP contribution in [-0.2, 0) is 0 Å². The first-order valence-electron chi connectivity index (χ1n) is 4.97. The van der Waals surface area contributed by atoms with E-state index in [0.717, 1.165) is 0 Å². The molecule has 2 amide bonds. The molecule has 1 rings (SSSR count). The summed E-state index contributed by atoms with van der Waals surface area (Å²) < 4.78 is 0. The Morgan fingerprint density at radius 2 is 2.24 bits per heavy atom. The monoisotopic (exact) mass is 235 g/mol. The molecule has 0 radical (unpaired) electrons. The lowest BCUT2D eigenvalue weighted by Crippen LogP contribution is -2.29. The largest absolute Gasteiger partial charge is 0.478 e. The standard InChI is InChI=1S/C11H13N3O3/c1-2-3-4-13-11(17)14-9-5-8(10(15)16)6-12-7-9/h2,5-7H,1,3-4H2,(H,15,16)(H2,13,14,17). The number of aromatic nitrogens is 1. The van der Waals surface area contributed by atoms with E-state index in [1.807, 2.05) is 0 Å². The second-order valence-electron chi connectivity index (χ2n) is 3.23. The number of rotatable bonds is 5. The number of carbonyl (C=O) groups is 2. The lowest BCUT2D eigenvalue weighted by atomic mass is 10.3. The summed E-state index contributed by atoms with van der Waals surface area (Å²) in [7, 11) is 0. The van der Waals surface area contributed by atoms with E-state index in [0.29, 0.717) is 18.7 Å². The molecule has 6 heteroatoms. The van der Waals surface area contributed by atoms with Gasteiger partial charge in [0.1, 0.15) is 0 Å². The van der Waals surface area contributed by atoms with Crippen LogP contribution in [-0.4, -0.2) is 28.6 Å². The zero-order chi connectivity index (χ0) is 12.7. The molecule has 1 aromatic heterocycles. The molecule has 0 bridgehead atoms. The van der Waals surface area contributed by atoms with Gasteiger partial charge in [0.2, 0.25) is 0 Å². The van der Waals surface area contributed by atoms with Gasteiger partial charge in [-0.25, -0.2) is 9.59 Å². The number of carboxylic acids is 1. The highest BCUT2D eigenvalue weighted by molar-refractivity contribution is 5.92. The molecule has 0 unspecified atom stereocenters. The van der Waals surface area contributed by atoms with E-state index in [2.05, 4.69) is 22.2 Å². The summed E-state index contributed by atoms with van der Waals surface area (Å²) >= 11 is 0. The van der Waals surface area contributed by atoms with Gasteiger partial charge >= 0.3 is 12.0 Å². The number of nitrogens with zero attached hydrogens (tertiary/aromatic N) is 1. The number of aromatic carboxylic acids is 1. The van der Waals surface area contributed by atoms with E-state index in [-0.39, 0.29) is 5.56 Å². The number of urea groups is 1. The zero-order valence-corrected chi connectivity index (χ0v) is 9.14. The number of amides is 2. The Morgan fingerprint density at radius 3 is 2.88 bits per heavy atom. The van der Waals surface area contributed by atoms with Crippen molar-refractivity contribution in [2.24, 2.45) is 0 Å². The third-order valence-corrected chi connectivity index (χ3v) is 1.88. The third-order valence-electron chi connectivity index (χ3n) is 1.88. The SMILES string of the molecule is C=CCCNC(=O)Nc1cncc(C(=O)O)c1. The highest BCUT2D eigenvalue weighted by Crippen LogP contribution is 2.07. The number of hydrogen-bond donors (Lipinski definition) is 3. The van der Waals surface area contributed by atoms with Crippen molar-refractivity contribution in [3.8, 4) is 0 Å². The number of hydrogen-bond acceptors (Lipinski definition) is 3. The Bertz CT molecular complexity index is 432. The molecule has 1 aromatic rings. The normalized spacial score (nSPS) is 9.41. The van der Waals surface area contributed by atoms with Crippen molar-refractivity contribution in [3.63, 3.8) is 0 Å². The number of pyridine rings is 1. The molecule has 0 fully saturated rings. The van der Waals surface area contributed by atoms with Crippen LogP contribution in [0.3, 0.4) is 0 Å². The van der Waals surface area contributed by atoms with Crippen LogP contribution in [0.25, 0.3) is 0 Å². The molecule has 3 N–H and O–H groups in total. The molecular formula is C11H13N3O3. The molecule has 0 aliphatic heterocycles. The molecule has 0 aliphatic rings. The van der Waals surface area contributed by atoms with E-state index < -0.39 is 12.0 Å². The second kappa shape index (κ2) is 6.26. The number of anilines is 1. The van der Waals surface area contributed by atoms with Gasteiger partial charge in [-0.3, -0.25) is 4.98 Å². The van der Waals surface area contributed by atoms with E-state index in [1.165, 1.54) is 18.5 Å². The van der Waals surface area contributed by atoms with E-state index >= 15 is 0 Å². The van der Waals surface area contributed by atoms with Gasteiger partial charge in [-0.1, -0.05) is 6.08 Å². The Balaban J connectivity index is 2.56. The van der Waals surface area contributed by atoms with Gasteiger partial charge < -0.3 is 15.7 Å². The fourth-order valence-corrected chi connectivity index (χ4v) is 1.09. The maximum atomic E-state index is 11.3. The lowest BCUT2D eigenvalue weighted by Gasteiger charge is -2.06. The first-order chi connectivity index (χ1) is 8.13. The molecule has 90 valence electrons. The van der Waals surface area contributed by atoms with E-state index in [1.54, 1.807) is 6.08 Å². The minimum Gasteiger partial charge on any atom is -0.478 e. The molecule has 17 heavy (non-hydrogen) atoms. The van der Waals surface area contributed by atoms with Crippen molar-refractivity contribution >= 4 is 17.7 Å². The topological polar surface area (TPSA) is 91.3 Å². The van der Waals surface area contributed by atoms with Crippen LogP contribution in [0.4, 0.5) is 10.5 Å². The number of nitrogens with one attached hydrogen (secondary N) is 2. The molecule has 0 aliphatic carbocycles. The van der Waals surface area contributed by atoms with Gasteiger partial charge in [0.25, 0.3) is 0 Å². The van der Waals surface area contributed by atoms with Gasteiger partial charge in [0.15, 0.2) is 0 Å². The van der Waals surface area contributed by atoms with Gasteiger partial charge in [-0.05, 0) is 12.5 Å². The number of carbonyl (C=O) groups excluding carboxylic acids is 1. The summed E-state index contributed by atoms with van der Waals surface area (Å²) in [5.41, 5.74) is 0.356. The van der Waals surface area contributed by atoms with Crippen molar-refractivity contribution < 1.29 is 14.7 Å². The highest BCUT2D eigenvalue weighted by atomic mass is 16.4. The molecule has 0 aromatic carbocycles. The van der Waals surface area contributed by atoms with Crippen LogP contribution in [0.1, 0.15) is 16.8 Å². The maximum absolute atomic E-state index is 11.3.